The van der Waals surface area contributed by atoms with Crippen LogP contribution in [0.15, 0.2) is 52.9 Å². The largest absolute Gasteiger partial charge is 0.494 e. The molecule has 0 aliphatic carbocycles. The minimum absolute atomic E-state index is 0.129. The van der Waals surface area contributed by atoms with Gasteiger partial charge in [-0.2, -0.15) is 5.06 Å². The van der Waals surface area contributed by atoms with Crippen molar-refractivity contribution >= 4 is 44.9 Å². The molecule has 20 heteroatoms. The maximum absolute atomic E-state index is 13.6. The normalized spacial score (nSPS) is 12.7. The number of carbonyl (C=O) groups is 4. The van der Waals surface area contributed by atoms with Crippen molar-refractivity contribution in [2.45, 2.75) is 65.8 Å². The van der Waals surface area contributed by atoms with Gasteiger partial charge in [0.05, 0.1) is 30.5 Å². The van der Waals surface area contributed by atoms with Gasteiger partial charge in [-0.3, -0.25) is 18.9 Å². The molecule has 0 spiro atoms. The first-order valence-electron chi connectivity index (χ1n) is 16.9. The van der Waals surface area contributed by atoms with Crippen LogP contribution in [-0.4, -0.2) is 74.9 Å². The molecule has 0 bridgehead atoms. The summed E-state index contributed by atoms with van der Waals surface area (Å²) >= 11 is 0. The quantitative estimate of drug-likeness (QED) is 0.0277. The van der Waals surface area contributed by atoms with E-state index < -0.39 is 52.0 Å². The summed E-state index contributed by atoms with van der Waals surface area (Å²) < 4.78 is 43.6. The number of nitrogens with zero attached hydrogens (tertiary/aromatic N) is 1. The molecule has 3 aromatic rings. The van der Waals surface area contributed by atoms with Crippen LogP contribution in [0.4, 0.5) is 0 Å². The molecule has 0 saturated heterocycles. The molecular formula is C34H45N3O15P2. The topological polar surface area (TPSA) is 261 Å². The number of ether oxygens (including phenoxy) is 2. The van der Waals surface area contributed by atoms with E-state index in [9.17, 15) is 38.1 Å². The van der Waals surface area contributed by atoms with Crippen LogP contribution >= 0.6 is 15.4 Å². The Morgan fingerprint density at radius 1 is 0.963 bits per heavy atom. The fourth-order valence-electron chi connectivity index (χ4n) is 5.43. The van der Waals surface area contributed by atoms with Gasteiger partial charge in [0.2, 0.25) is 12.3 Å². The first kappa shape index (κ1) is 43.9. The van der Waals surface area contributed by atoms with Crippen LogP contribution in [0.3, 0.4) is 0 Å². The van der Waals surface area contributed by atoms with Gasteiger partial charge in [-0.15, -0.1) is 0 Å². The molecule has 0 fully saturated rings. The van der Waals surface area contributed by atoms with Crippen LogP contribution in [0.5, 0.6) is 11.5 Å². The zero-order valence-corrected chi connectivity index (χ0v) is 31.9. The van der Waals surface area contributed by atoms with Gasteiger partial charge >= 0.3 is 21.4 Å². The minimum atomic E-state index is -4.87. The molecule has 0 aliphatic rings. The van der Waals surface area contributed by atoms with Crippen molar-refractivity contribution in [3.05, 3.63) is 65.4 Å². The van der Waals surface area contributed by atoms with Crippen molar-refractivity contribution in [1.82, 2.24) is 15.7 Å². The summed E-state index contributed by atoms with van der Waals surface area (Å²) in [5, 5.41) is 5.59. The highest BCUT2D eigenvalue weighted by Crippen LogP contribution is 2.38. The lowest BCUT2D eigenvalue weighted by atomic mass is 9.90. The summed E-state index contributed by atoms with van der Waals surface area (Å²) in [4.78, 5) is 95.0. The number of phosphoric ester groups is 1. The number of hydrogen-bond acceptors (Lipinski definition) is 11. The lowest BCUT2D eigenvalue weighted by Crippen LogP contribution is -2.49. The third-order valence-corrected chi connectivity index (χ3v) is 9.37. The minimum Gasteiger partial charge on any atom is -0.494 e. The van der Waals surface area contributed by atoms with Gasteiger partial charge in [0.1, 0.15) is 22.8 Å². The molecule has 296 valence electrons. The number of nitrogens with one attached hydrogen (secondary N) is 2. The summed E-state index contributed by atoms with van der Waals surface area (Å²) in [6, 6.07) is 10.2. The van der Waals surface area contributed by atoms with E-state index in [1.165, 1.54) is 42.5 Å². The molecule has 1 aromatic heterocycles. The molecular weight excluding hydrogens is 752 g/mol. The highest BCUT2D eigenvalue weighted by Gasteiger charge is 2.34. The third kappa shape index (κ3) is 12.8. The standard InChI is InChI=1S/C34H45N3O15P2/c1-5-8-9-12-26(27(6-2)37(20-38)52-34(41)31-22(4)11-10-13-29(31)49-21-50-54(45,46)47)32(39)35-19-36-33(40)30-15-14-28(51-30)23-16-24(48-7-3)18-25(17-23)53(42,43)44/h10-11,13-18,20,26-27H,5-9,12,19,21H2,1-4H3,(H,35,39)(H,36,40)(H2,42,43,44)(H2,45,46,47)/t26?,27-/m1/s1. The average molecular weight is 798 g/mol. The van der Waals surface area contributed by atoms with Gasteiger partial charge in [-0.1, -0.05) is 45.2 Å². The predicted molar refractivity (Wildman–Crippen MR) is 192 cm³/mol. The lowest BCUT2D eigenvalue weighted by Gasteiger charge is -2.32. The number of hydrogen-bond donors (Lipinski definition) is 6. The molecule has 3 rings (SSSR count). The van der Waals surface area contributed by atoms with E-state index in [1.807, 2.05) is 6.92 Å². The van der Waals surface area contributed by atoms with E-state index in [0.717, 1.165) is 17.9 Å². The molecule has 0 radical (unpaired) electrons. The second-order valence-electron chi connectivity index (χ2n) is 11.8. The molecule has 1 heterocycles. The fraction of sp³-hybridized carbons (Fsp3) is 0.412. The molecule has 0 aliphatic heterocycles. The Kier molecular flexibility index (Phi) is 16.4. The molecule has 6 N–H and O–H groups in total. The van der Waals surface area contributed by atoms with E-state index >= 15 is 0 Å². The van der Waals surface area contributed by atoms with Crippen molar-refractivity contribution in [2.24, 2.45) is 5.92 Å². The molecule has 1 unspecified atom stereocenters. The zero-order valence-electron chi connectivity index (χ0n) is 30.1. The van der Waals surface area contributed by atoms with Gasteiger partial charge in [-0.05, 0) is 68.7 Å². The van der Waals surface area contributed by atoms with Crippen molar-refractivity contribution in [3.63, 3.8) is 0 Å². The number of hydroxylamine groups is 2. The monoisotopic (exact) mass is 797 g/mol. The number of phosphoric acid groups is 1. The fourth-order valence-corrected chi connectivity index (χ4v) is 6.23. The van der Waals surface area contributed by atoms with E-state index in [2.05, 4.69) is 15.2 Å². The maximum atomic E-state index is 13.6. The van der Waals surface area contributed by atoms with Crippen LogP contribution in [0.25, 0.3) is 11.3 Å². The molecule has 2 atom stereocenters. The van der Waals surface area contributed by atoms with Crippen LogP contribution < -0.4 is 25.4 Å². The third-order valence-electron chi connectivity index (χ3n) is 8.00. The van der Waals surface area contributed by atoms with Crippen molar-refractivity contribution in [2.75, 3.05) is 20.1 Å². The first-order valence-corrected chi connectivity index (χ1v) is 20.1. The van der Waals surface area contributed by atoms with Crippen molar-refractivity contribution in [1.29, 1.82) is 0 Å². The summed E-state index contributed by atoms with van der Waals surface area (Å²) in [6.45, 7) is 5.93. The Bertz CT molecular complexity index is 1850. The second kappa shape index (κ2) is 20.2. The molecule has 2 aromatic carbocycles. The van der Waals surface area contributed by atoms with Gasteiger partial charge in [0.25, 0.3) is 5.91 Å². The Morgan fingerprint density at radius 3 is 2.33 bits per heavy atom. The highest BCUT2D eigenvalue weighted by molar-refractivity contribution is 7.60. The van der Waals surface area contributed by atoms with E-state index in [4.69, 9.17) is 28.5 Å². The Morgan fingerprint density at radius 2 is 1.70 bits per heavy atom. The number of carbonyl (C=O) groups excluding carboxylic acids is 4. The Balaban J connectivity index is 1.73. The molecule has 0 saturated carbocycles. The van der Waals surface area contributed by atoms with Crippen LogP contribution in [0, 0.1) is 12.8 Å². The van der Waals surface area contributed by atoms with Gasteiger partial charge < -0.3 is 48.9 Å². The van der Waals surface area contributed by atoms with Gasteiger partial charge in [0.15, 0.2) is 12.6 Å². The number of benzene rings is 2. The zero-order chi connectivity index (χ0) is 40.1. The van der Waals surface area contributed by atoms with E-state index in [0.29, 0.717) is 18.4 Å². The lowest BCUT2D eigenvalue weighted by molar-refractivity contribution is -0.171. The smallest absolute Gasteiger partial charge is 0.472 e. The van der Waals surface area contributed by atoms with Crippen LogP contribution in [0.1, 0.15) is 79.4 Å². The van der Waals surface area contributed by atoms with Crippen LogP contribution in [-0.2, 0) is 28.1 Å². The van der Waals surface area contributed by atoms with Crippen molar-refractivity contribution < 1.29 is 71.1 Å². The van der Waals surface area contributed by atoms with Crippen LogP contribution in [0.2, 0.25) is 0 Å². The predicted octanol–water partition coefficient (Wildman–Crippen LogP) is 3.91. The molecule has 54 heavy (non-hydrogen) atoms. The highest BCUT2D eigenvalue weighted by atomic mass is 31.2. The second-order valence-corrected chi connectivity index (χ2v) is 14.7. The first-order chi connectivity index (χ1) is 25.5. The van der Waals surface area contributed by atoms with Gasteiger partial charge in [0, 0.05) is 5.56 Å². The summed E-state index contributed by atoms with van der Waals surface area (Å²) in [7, 11) is -9.51. The Hall–Kier alpha value is -4.54. The average Bonchev–Trinajstić information content (AvgIpc) is 3.60. The summed E-state index contributed by atoms with van der Waals surface area (Å²) in [5.74, 6) is -3.15. The van der Waals surface area contributed by atoms with Gasteiger partial charge in [-0.25, -0.2) is 13.9 Å². The molecule has 18 nitrogen and oxygen atoms in total. The number of amides is 3. The summed E-state index contributed by atoms with van der Waals surface area (Å²) in [6.07, 6.45) is 2.94. The number of unbranched alkanes of at least 4 members (excludes halogenated alkanes) is 2. The number of aryl methyl sites for hydroxylation is 1. The SMILES string of the molecule is CCCCCC(C(=O)NCNC(=O)c1ccc(-c2cc(OCC)cc(P(=O)(O)O)c2)o1)[C@@H](CC)N(C=O)OC(=O)c1c(C)cccc1OCOP(=O)(O)O. The maximum Gasteiger partial charge on any atom is 0.472 e. The number of furan rings is 1. The Labute approximate surface area is 311 Å². The molecule has 3 amide bonds. The summed E-state index contributed by atoms with van der Waals surface area (Å²) in [5.41, 5.74) is 0.468. The van der Waals surface area contributed by atoms with E-state index in [1.54, 1.807) is 26.8 Å². The van der Waals surface area contributed by atoms with E-state index in [-0.39, 0.29) is 65.6 Å². The number of rotatable bonds is 22. The van der Waals surface area contributed by atoms with Crippen molar-refractivity contribution in [3.8, 4) is 22.8 Å².